The SMILES string of the molecule is CC1CCCC(CNCc2cc(Br)c(Cl)s2)(N(C)C)C1. The van der Waals surface area contributed by atoms with Crippen LogP contribution < -0.4 is 5.32 Å². The third-order valence-electron chi connectivity index (χ3n) is 4.47. The molecular formula is C15H24BrClN2S. The molecule has 0 spiro atoms. The number of likely N-dealkylation sites (N-methyl/N-ethyl adjacent to an activating group) is 1. The topological polar surface area (TPSA) is 15.3 Å². The number of nitrogens with zero attached hydrogens (tertiary/aromatic N) is 1. The van der Waals surface area contributed by atoms with E-state index in [1.54, 1.807) is 11.3 Å². The minimum atomic E-state index is 0.315. The number of hydrogen-bond acceptors (Lipinski definition) is 3. The van der Waals surface area contributed by atoms with Gasteiger partial charge in [-0.1, -0.05) is 31.4 Å². The van der Waals surface area contributed by atoms with E-state index in [1.807, 2.05) is 0 Å². The third-order valence-corrected chi connectivity index (χ3v) is 6.94. The van der Waals surface area contributed by atoms with Gasteiger partial charge in [0.25, 0.3) is 0 Å². The fourth-order valence-electron chi connectivity index (χ4n) is 3.25. The Labute approximate surface area is 140 Å². The highest BCUT2D eigenvalue weighted by Gasteiger charge is 2.36. The monoisotopic (exact) mass is 378 g/mol. The normalized spacial score (nSPS) is 27.2. The second-order valence-electron chi connectivity index (χ2n) is 6.26. The van der Waals surface area contributed by atoms with Crippen LogP contribution in [0.4, 0.5) is 0 Å². The summed E-state index contributed by atoms with van der Waals surface area (Å²) in [6.45, 7) is 4.34. The lowest BCUT2D eigenvalue weighted by molar-refractivity contribution is 0.0750. The first-order valence-corrected chi connectivity index (χ1v) is 9.23. The fraction of sp³-hybridized carbons (Fsp3) is 0.733. The molecule has 1 aromatic rings. The van der Waals surface area contributed by atoms with Crippen molar-refractivity contribution in [3.8, 4) is 0 Å². The largest absolute Gasteiger partial charge is 0.310 e. The first kappa shape index (κ1) is 16.8. The van der Waals surface area contributed by atoms with Gasteiger partial charge in [0.1, 0.15) is 4.34 Å². The van der Waals surface area contributed by atoms with Crippen molar-refractivity contribution < 1.29 is 0 Å². The predicted molar refractivity (Wildman–Crippen MR) is 92.8 cm³/mol. The summed E-state index contributed by atoms with van der Waals surface area (Å²) in [4.78, 5) is 3.71. The molecule has 2 unspecified atom stereocenters. The Hall–Kier alpha value is 0.390. The van der Waals surface area contributed by atoms with Gasteiger partial charge in [-0.25, -0.2) is 0 Å². The molecule has 1 aromatic heterocycles. The predicted octanol–water partition coefficient (Wildman–Crippen LogP) is 4.76. The molecule has 2 nitrogen and oxygen atoms in total. The molecule has 0 aromatic carbocycles. The van der Waals surface area contributed by atoms with Gasteiger partial charge < -0.3 is 10.2 Å². The summed E-state index contributed by atoms with van der Waals surface area (Å²) in [5.41, 5.74) is 0.315. The van der Waals surface area contributed by atoms with Gasteiger partial charge in [0.15, 0.2) is 0 Å². The summed E-state index contributed by atoms with van der Waals surface area (Å²) in [7, 11) is 4.44. The smallest absolute Gasteiger partial charge is 0.107 e. The molecule has 1 aliphatic rings. The molecule has 1 aliphatic carbocycles. The summed E-state index contributed by atoms with van der Waals surface area (Å²) < 4.78 is 1.85. The van der Waals surface area contributed by atoms with Crippen molar-refractivity contribution in [1.82, 2.24) is 10.2 Å². The fourth-order valence-corrected chi connectivity index (χ4v) is 5.01. The van der Waals surface area contributed by atoms with E-state index in [9.17, 15) is 0 Å². The van der Waals surface area contributed by atoms with Crippen LogP contribution in [-0.2, 0) is 6.54 Å². The van der Waals surface area contributed by atoms with E-state index in [0.717, 1.165) is 27.8 Å². The van der Waals surface area contributed by atoms with Gasteiger partial charge in [-0.2, -0.15) is 0 Å². The number of rotatable bonds is 5. The molecule has 0 amide bonds. The molecule has 1 N–H and O–H groups in total. The van der Waals surface area contributed by atoms with E-state index in [-0.39, 0.29) is 0 Å². The van der Waals surface area contributed by atoms with E-state index in [2.05, 4.69) is 53.2 Å². The molecule has 5 heteroatoms. The van der Waals surface area contributed by atoms with Crippen LogP contribution in [0.15, 0.2) is 10.5 Å². The summed E-state index contributed by atoms with van der Waals surface area (Å²) in [5, 5.41) is 3.64. The zero-order chi connectivity index (χ0) is 14.8. The van der Waals surface area contributed by atoms with Crippen LogP contribution in [0.25, 0.3) is 0 Å². The Morgan fingerprint density at radius 1 is 1.55 bits per heavy atom. The Balaban J connectivity index is 1.92. The number of thiophene rings is 1. The van der Waals surface area contributed by atoms with Crippen LogP contribution in [0.5, 0.6) is 0 Å². The maximum absolute atomic E-state index is 6.09. The third kappa shape index (κ3) is 3.98. The Kier molecular flexibility index (Phi) is 5.95. The molecule has 2 rings (SSSR count). The van der Waals surface area contributed by atoms with Crippen molar-refractivity contribution in [2.45, 2.75) is 44.7 Å². The van der Waals surface area contributed by atoms with Gasteiger partial charge in [-0.05, 0) is 54.9 Å². The molecule has 0 radical (unpaired) electrons. The lowest BCUT2D eigenvalue weighted by atomic mass is 9.75. The van der Waals surface area contributed by atoms with Crippen molar-refractivity contribution in [2.24, 2.45) is 5.92 Å². The zero-order valence-electron chi connectivity index (χ0n) is 12.5. The van der Waals surface area contributed by atoms with E-state index < -0.39 is 0 Å². The van der Waals surface area contributed by atoms with Crippen molar-refractivity contribution in [1.29, 1.82) is 0 Å². The molecule has 1 fully saturated rings. The maximum Gasteiger partial charge on any atom is 0.107 e. The molecule has 114 valence electrons. The van der Waals surface area contributed by atoms with Gasteiger partial charge in [-0.15, -0.1) is 11.3 Å². The highest BCUT2D eigenvalue weighted by molar-refractivity contribution is 9.10. The number of nitrogens with one attached hydrogen (secondary N) is 1. The van der Waals surface area contributed by atoms with Crippen molar-refractivity contribution in [3.63, 3.8) is 0 Å². The van der Waals surface area contributed by atoms with Gasteiger partial charge in [-0.3, -0.25) is 0 Å². The van der Waals surface area contributed by atoms with Crippen LogP contribution in [-0.4, -0.2) is 31.1 Å². The van der Waals surface area contributed by atoms with Gasteiger partial charge in [0.2, 0.25) is 0 Å². The molecule has 1 heterocycles. The Bertz CT molecular complexity index is 430. The lowest BCUT2D eigenvalue weighted by Gasteiger charge is -2.45. The van der Waals surface area contributed by atoms with E-state index in [0.29, 0.717) is 5.54 Å². The summed E-state index contributed by atoms with van der Waals surface area (Å²) in [6.07, 6.45) is 5.31. The molecule has 0 bridgehead atoms. The lowest BCUT2D eigenvalue weighted by Crippen LogP contribution is -2.54. The van der Waals surface area contributed by atoms with E-state index in [4.69, 9.17) is 11.6 Å². The molecular weight excluding hydrogens is 356 g/mol. The molecule has 20 heavy (non-hydrogen) atoms. The first-order chi connectivity index (χ1) is 9.43. The quantitative estimate of drug-likeness (QED) is 0.793. The highest BCUT2D eigenvalue weighted by Crippen LogP contribution is 2.36. The minimum absolute atomic E-state index is 0.315. The van der Waals surface area contributed by atoms with Crippen molar-refractivity contribution in [3.05, 3.63) is 19.8 Å². The van der Waals surface area contributed by atoms with Crippen molar-refractivity contribution in [2.75, 3.05) is 20.6 Å². The Morgan fingerprint density at radius 2 is 2.30 bits per heavy atom. The van der Waals surface area contributed by atoms with Crippen LogP contribution in [0, 0.1) is 5.92 Å². The van der Waals surface area contributed by atoms with Gasteiger partial charge in [0, 0.05) is 28.0 Å². The van der Waals surface area contributed by atoms with Crippen LogP contribution in [0.2, 0.25) is 4.34 Å². The van der Waals surface area contributed by atoms with Crippen LogP contribution >= 0.6 is 38.9 Å². The number of hydrogen-bond donors (Lipinski definition) is 1. The minimum Gasteiger partial charge on any atom is -0.310 e. The number of halogens is 2. The van der Waals surface area contributed by atoms with Crippen LogP contribution in [0.3, 0.4) is 0 Å². The van der Waals surface area contributed by atoms with Crippen molar-refractivity contribution >= 4 is 38.9 Å². The van der Waals surface area contributed by atoms with Crippen LogP contribution in [0.1, 0.15) is 37.5 Å². The summed E-state index contributed by atoms with van der Waals surface area (Å²) in [5.74, 6) is 0.832. The average Bonchev–Trinajstić information content (AvgIpc) is 2.68. The summed E-state index contributed by atoms with van der Waals surface area (Å²) in [6, 6.07) is 2.12. The zero-order valence-corrected chi connectivity index (χ0v) is 15.7. The average molecular weight is 380 g/mol. The maximum atomic E-state index is 6.09. The molecule has 0 aliphatic heterocycles. The first-order valence-electron chi connectivity index (χ1n) is 7.25. The van der Waals surface area contributed by atoms with Gasteiger partial charge in [0.05, 0.1) is 0 Å². The van der Waals surface area contributed by atoms with Gasteiger partial charge >= 0.3 is 0 Å². The molecule has 1 saturated carbocycles. The Morgan fingerprint density at radius 3 is 2.85 bits per heavy atom. The molecule has 2 atom stereocenters. The standard InChI is InChI=1S/C15H24BrClN2S/c1-11-5-4-6-15(8-11,19(2)3)10-18-9-12-7-13(16)14(17)20-12/h7,11,18H,4-6,8-10H2,1-3H3. The van der Waals surface area contributed by atoms with E-state index in [1.165, 1.54) is 30.6 Å². The molecule has 0 saturated heterocycles. The summed E-state index contributed by atoms with van der Waals surface area (Å²) >= 11 is 11.2. The van der Waals surface area contributed by atoms with E-state index >= 15 is 0 Å². The highest BCUT2D eigenvalue weighted by atomic mass is 79.9. The second-order valence-corrected chi connectivity index (χ2v) is 8.85. The second kappa shape index (κ2) is 7.10.